The van der Waals surface area contributed by atoms with Gasteiger partial charge in [-0.3, -0.25) is 4.79 Å². The van der Waals surface area contributed by atoms with E-state index >= 15 is 0 Å². The molecule has 0 aromatic heterocycles. The summed E-state index contributed by atoms with van der Waals surface area (Å²) in [5.41, 5.74) is 1.83. The number of benzene rings is 1. The molecule has 20 heavy (non-hydrogen) atoms. The average Bonchev–Trinajstić information content (AvgIpc) is 2.44. The van der Waals surface area contributed by atoms with Crippen LogP contribution in [0.5, 0.6) is 0 Å². The van der Waals surface area contributed by atoms with Crippen molar-refractivity contribution in [3.05, 3.63) is 33.8 Å². The van der Waals surface area contributed by atoms with E-state index in [2.05, 4.69) is 28.2 Å². The van der Waals surface area contributed by atoms with Crippen LogP contribution in [-0.2, 0) is 0 Å². The highest BCUT2D eigenvalue weighted by Gasteiger charge is 2.18. The van der Waals surface area contributed by atoms with Gasteiger partial charge in [-0.05, 0) is 52.7 Å². The van der Waals surface area contributed by atoms with Crippen LogP contribution in [0.15, 0.2) is 22.7 Å². The molecule has 1 amide bonds. The zero-order valence-corrected chi connectivity index (χ0v) is 14.0. The Hall–Kier alpha value is -0.830. The summed E-state index contributed by atoms with van der Waals surface area (Å²) < 4.78 is 0.906. The van der Waals surface area contributed by atoms with Crippen LogP contribution >= 0.6 is 15.9 Å². The van der Waals surface area contributed by atoms with Crippen molar-refractivity contribution in [3.63, 3.8) is 0 Å². The number of hydrogen-bond donors (Lipinski definition) is 1. The highest BCUT2D eigenvalue weighted by Crippen LogP contribution is 2.30. The van der Waals surface area contributed by atoms with E-state index in [0.29, 0.717) is 0 Å². The van der Waals surface area contributed by atoms with E-state index in [9.17, 15) is 4.79 Å². The van der Waals surface area contributed by atoms with Gasteiger partial charge >= 0.3 is 0 Å². The molecule has 3 heteroatoms. The first-order chi connectivity index (χ1) is 9.58. The van der Waals surface area contributed by atoms with E-state index < -0.39 is 0 Å². The third kappa shape index (κ3) is 4.08. The summed E-state index contributed by atoms with van der Waals surface area (Å²) in [6.45, 7) is 5.13. The first-order valence-electron chi connectivity index (χ1n) is 7.61. The number of nitrogens with one attached hydrogen (secondary N) is 1. The van der Waals surface area contributed by atoms with Gasteiger partial charge in [0.05, 0.1) is 5.56 Å². The van der Waals surface area contributed by atoms with Crippen LogP contribution in [0.1, 0.15) is 54.9 Å². The van der Waals surface area contributed by atoms with E-state index in [1.165, 1.54) is 25.7 Å². The third-order valence-electron chi connectivity index (χ3n) is 4.41. The van der Waals surface area contributed by atoms with E-state index in [1.54, 1.807) is 0 Å². The molecule has 1 N–H and O–H groups in total. The molecule has 0 saturated heterocycles. The normalized spacial score (nSPS) is 22.6. The largest absolute Gasteiger partial charge is 0.352 e. The number of halogens is 1. The zero-order chi connectivity index (χ0) is 14.5. The minimum Gasteiger partial charge on any atom is -0.352 e. The molecule has 1 aromatic carbocycles. The van der Waals surface area contributed by atoms with Crippen LogP contribution in [0.25, 0.3) is 0 Å². The van der Waals surface area contributed by atoms with Gasteiger partial charge in [-0.15, -0.1) is 0 Å². The van der Waals surface area contributed by atoms with Crippen LogP contribution in [0.3, 0.4) is 0 Å². The molecule has 1 aromatic rings. The topological polar surface area (TPSA) is 29.1 Å². The first-order valence-corrected chi connectivity index (χ1v) is 8.40. The first kappa shape index (κ1) is 15.6. The van der Waals surface area contributed by atoms with Crippen molar-refractivity contribution in [2.75, 3.05) is 6.54 Å². The van der Waals surface area contributed by atoms with Gasteiger partial charge in [-0.2, -0.15) is 0 Å². The summed E-state index contributed by atoms with van der Waals surface area (Å²) in [6, 6.07) is 5.80. The Labute approximate surface area is 130 Å². The van der Waals surface area contributed by atoms with Gasteiger partial charge in [0.2, 0.25) is 0 Å². The van der Waals surface area contributed by atoms with Gasteiger partial charge in [-0.25, -0.2) is 0 Å². The van der Waals surface area contributed by atoms with Gasteiger partial charge in [-0.1, -0.05) is 44.7 Å². The highest BCUT2D eigenvalue weighted by atomic mass is 79.9. The molecule has 0 unspecified atom stereocenters. The maximum atomic E-state index is 12.2. The molecule has 1 aliphatic carbocycles. The number of carbonyl (C=O) groups excluding carboxylic acids is 1. The second-order valence-electron chi connectivity index (χ2n) is 6.11. The summed E-state index contributed by atoms with van der Waals surface area (Å²) in [4.78, 5) is 12.2. The van der Waals surface area contributed by atoms with Gasteiger partial charge in [0, 0.05) is 11.0 Å². The van der Waals surface area contributed by atoms with Crippen LogP contribution in [0, 0.1) is 18.8 Å². The van der Waals surface area contributed by atoms with Crippen molar-refractivity contribution in [1.29, 1.82) is 0 Å². The fourth-order valence-corrected chi connectivity index (χ4v) is 3.37. The monoisotopic (exact) mass is 337 g/mol. The van der Waals surface area contributed by atoms with E-state index in [1.807, 2.05) is 25.1 Å². The number of hydrogen-bond acceptors (Lipinski definition) is 1. The Morgan fingerprint density at radius 2 is 2.00 bits per heavy atom. The average molecular weight is 338 g/mol. The maximum Gasteiger partial charge on any atom is 0.252 e. The van der Waals surface area contributed by atoms with Crippen LogP contribution in [-0.4, -0.2) is 12.5 Å². The van der Waals surface area contributed by atoms with Crippen molar-refractivity contribution >= 4 is 21.8 Å². The minimum atomic E-state index is 0.0322. The Morgan fingerprint density at radius 1 is 1.30 bits per heavy atom. The van der Waals surface area contributed by atoms with Crippen molar-refractivity contribution in [1.82, 2.24) is 5.32 Å². The highest BCUT2D eigenvalue weighted by molar-refractivity contribution is 9.10. The Bertz CT molecular complexity index is 464. The summed E-state index contributed by atoms with van der Waals surface area (Å²) in [7, 11) is 0. The fraction of sp³-hybridized carbons (Fsp3) is 0.588. The minimum absolute atomic E-state index is 0.0322. The Kier molecular flexibility index (Phi) is 5.64. The molecule has 0 atom stereocenters. The molecule has 1 aliphatic rings. The zero-order valence-electron chi connectivity index (χ0n) is 12.4. The van der Waals surface area contributed by atoms with E-state index in [-0.39, 0.29) is 5.91 Å². The Morgan fingerprint density at radius 3 is 2.70 bits per heavy atom. The summed E-state index contributed by atoms with van der Waals surface area (Å²) in [5, 5.41) is 3.06. The van der Waals surface area contributed by atoms with Crippen LogP contribution < -0.4 is 5.32 Å². The number of rotatable bonds is 4. The van der Waals surface area contributed by atoms with Crippen LogP contribution in [0.4, 0.5) is 0 Å². The second-order valence-corrected chi connectivity index (χ2v) is 6.90. The molecular formula is C17H24BrNO. The summed E-state index contributed by atoms with van der Waals surface area (Å²) >= 11 is 3.50. The maximum absolute atomic E-state index is 12.2. The van der Waals surface area contributed by atoms with Gasteiger partial charge in [0.15, 0.2) is 0 Å². The Balaban J connectivity index is 1.79. The van der Waals surface area contributed by atoms with E-state index in [0.717, 1.165) is 40.4 Å². The van der Waals surface area contributed by atoms with E-state index in [4.69, 9.17) is 0 Å². The number of carbonyl (C=O) groups is 1. The molecule has 0 heterocycles. The molecule has 2 nitrogen and oxygen atoms in total. The number of aryl methyl sites for hydroxylation is 1. The van der Waals surface area contributed by atoms with Gasteiger partial charge in [0.25, 0.3) is 5.91 Å². The molecule has 0 spiro atoms. The molecule has 0 aliphatic heterocycles. The van der Waals surface area contributed by atoms with Crippen molar-refractivity contribution < 1.29 is 4.79 Å². The molecule has 0 bridgehead atoms. The predicted octanol–water partition coefficient (Wildman–Crippen LogP) is 4.70. The lowest BCUT2D eigenvalue weighted by Crippen LogP contribution is -2.27. The third-order valence-corrected chi connectivity index (χ3v) is 5.46. The molecule has 110 valence electrons. The quantitative estimate of drug-likeness (QED) is 0.847. The lowest BCUT2D eigenvalue weighted by atomic mass is 9.81. The van der Waals surface area contributed by atoms with Crippen molar-refractivity contribution in [2.45, 2.75) is 46.0 Å². The predicted molar refractivity (Wildman–Crippen MR) is 87.0 cm³/mol. The smallest absolute Gasteiger partial charge is 0.252 e. The SMILES string of the molecule is Cc1cccc(C(=O)NCCC2CCC(C)CC2)c1Br. The van der Waals surface area contributed by atoms with Crippen molar-refractivity contribution in [3.8, 4) is 0 Å². The van der Waals surface area contributed by atoms with Gasteiger partial charge < -0.3 is 5.32 Å². The standard InChI is InChI=1S/C17H24BrNO/c1-12-6-8-14(9-7-12)10-11-19-17(20)15-5-3-4-13(2)16(15)18/h3-5,12,14H,6-11H2,1-2H3,(H,19,20). The molecular weight excluding hydrogens is 314 g/mol. The lowest BCUT2D eigenvalue weighted by Gasteiger charge is -2.26. The molecule has 1 saturated carbocycles. The lowest BCUT2D eigenvalue weighted by molar-refractivity contribution is 0.0949. The van der Waals surface area contributed by atoms with Crippen LogP contribution in [0.2, 0.25) is 0 Å². The van der Waals surface area contributed by atoms with Gasteiger partial charge in [0.1, 0.15) is 0 Å². The summed E-state index contributed by atoms with van der Waals surface area (Å²) in [6.07, 6.45) is 6.46. The second kappa shape index (κ2) is 7.26. The number of amides is 1. The fourth-order valence-electron chi connectivity index (χ4n) is 2.93. The molecule has 1 fully saturated rings. The van der Waals surface area contributed by atoms with Crippen molar-refractivity contribution in [2.24, 2.45) is 11.8 Å². The molecule has 0 radical (unpaired) electrons. The molecule has 2 rings (SSSR count). The summed E-state index contributed by atoms with van der Waals surface area (Å²) in [5.74, 6) is 1.72.